The van der Waals surface area contributed by atoms with E-state index in [4.69, 9.17) is 25.8 Å². The smallest absolute Gasteiger partial charge is 0.336 e. The van der Waals surface area contributed by atoms with Gasteiger partial charge in [-0.15, -0.1) is 0 Å². The lowest BCUT2D eigenvalue weighted by molar-refractivity contribution is -0.140. The van der Waals surface area contributed by atoms with E-state index in [-0.39, 0.29) is 18.3 Å². The molecule has 2 atom stereocenters. The van der Waals surface area contributed by atoms with E-state index in [0.29, 0.717) is 54.5 Å². The van der Waals surface area contributed by atoms with Gasteiger partial charge in [0.1, 0.15) is 12.4 Å². The molecule has 4 rings (SSSR count). The van der Waals surface area contributed by atoms with Crippen molar-refractivity contribution < 1.29 is 23.8 Å². The topological polar surface area (TPSA) is 73.9 Å². The standard InChI is InChI=1S/C29H32ClNO5/c1-4-34-14-15-36-29(33)26-18(3)31-24-16-21(19-6-10-22(30)11-7-19)17-25(32)28(24)27(26)20-8-12-23(13-9-20)35-5-2/h6-13,21,27,31H,4-5,14-17H2,1-3H3. The molecular weight excluding hydrogens is 478 g/mol. The highest BCUT2D eigenvalue weighted by Crippen LogP contribution is 2.46. The van der Waals surface area contributed by atoms with Gasteiger partial charge in [-0.2, -0.15) is 0 Å². The summed E-state index contributed by atoms with van der Waals surface area (Å²) in [6, 6.07) is 15.2. The van der Waals surface area contributed by atoms with Crippen molar-refractivity contribution in [3.8, 4) is 5.75 Å². The van der Waals surface area contributed by atoms with Crippen LogP contribution in [0.3, 0.4) is 0 Å². The van der Waals surface area contributed by atoms with E-state index in [9.17, 15) is 9.59 Å². The number of allylic oxidation sites excluding steroid dienone is 3. The molecule has 1 aliphatic heterocycles. The van der Waals surface area contributed by atoms with Gasteiger partial charge in [-0.1, -0.05) is 35.9 Å². The molecule has 190 valence electrons. The van der Waals surface area contributed by atoms with Gasteiger partial charge in [0.05, 0.1) is 18.8 Å². The van der Waals surface area contributed by atoms with Crippen LogP contribution in [0.4, 0.5) is 0 Å². The number of Topliss-reactive ketones (excluding diaryl/α,β-unsaturated/α-hetero) is 1. The summed E-state index contributed by atoms with van der Waals surface area (Å²) < 4.78 is 16.5. The zero-order valence-electron chi connectivity index (χ0n) is 20.9. The molecule has 1 aliphatic carbocycles. The van der Waals surface area contributed by atoms with Crippen LogP contribution in [0.15, 0.2) is 71.1 Å². The zero-order chi connectivity index (χ0) is 25.7. The number of dihydropyridines is 1. The first kappa shape index (κ1) is 26.0. The number of hydrogen-bond donors (Lipinski definition) is 1. The molecule has 0 amide bonds. The van der Waals surface area contributed by atoms with Crippen LogP contribution >= 0.6 is 11.6 Å². The van der Waals surface area contributed by atoms with Gasteiger partial charge < -0.3 is 19.5 Å². The zero-order valence-corrected chi connectivity index (χ0v) is 21.7. The third-order valence-corrected chi connectivity index (χ3v) is 6.83. The molecule has 2 aromatic rings. The van der Waals surface area contributed by atoms with Crippen molar-refractivity contribution in [2.24, 2.45) is 0 Å². The predicted octanol–water partition coefficient (Wildman–Crippen LogP) is 5.68. The van der Waals surface area contributed by atoms with E-state index in [1.165, 1.54) is 0 Å². The number of halogens is 1. The summed E-state index contributed by atoms with van der Waals surface area (Å²) in [4.78, 5) is 26.9. The highest BCUT2D eigenvalue weighted by molar-refractivity contribution is 6.30. The van der Waals surface area contributed by atoms with Crippen LogP contribution in [-0.2, 0) is 19.1 Å². The van der Waals surface area contributed by atoms with Crippen LogP contribution in [0.5, 0.6) is 5.75 Å². The van der Waals surface area contributed by atoms with Gasteiger partial charge in [-0.25, -0.2) is 4.79 Å². The number of carbonyl (C=O) groups is 2. The highest BCUT2D eigenvalue weighted by atomic mass is 35.5. The Labute approximate surface area is 217 Å². The van der Waals surface area contributed by atoms with Gasteiger partial charge in [0.2, 0.25) is 0 Å². The molecule has 2 aromatic carbocycles. The van der Waals surface area contributed by atoms with E-state index in [0.717, 1.165) is 22.6 Å². The Bertz CT molecular complexity index is 1170. The predicted molar refractivity (Wildman–Crippen MR) is 139 cm³/mol. The SMILES string of the molecule is CCOCCOC(=O)C1=C(C)NC2=C(C(=O)CC(c3ccc(Cl)cc3)C2)C1c1ccc(OCC)cc1. The molecule has 0 spiro atoms. The highest BCUT2D eigenvalue weighted by Gasteiger charge is 2.41. The maximum absolute atomic E-state index is 13.7. The molecule has 0 saturated carbocycles. The molecule has 0 saturated heterocycles. The van der Waals surface area contributed by atoms with Crippen molar-refractivity contribution in [2.45, 2.75) is 45.4 Å². The van der Waals surface area contributed by atoms with Crippen LogP contribution < -0.4 is 10.1 Å². The van der Waals surface area contributed by atoms with Crippen LogP contribution in [0.1, 0.15) is 56.6 Å². The molecule has 0 fully saturated rings. The molecule has 36 heavy (non-hydrogen) atoms. The van der Waals surface area contributed by atoms with E-state index < -0.39 is 11.9 Å². The molecule has 2 aliphatic rings. The second-order valence-corrected chi connectivity index (χ2v) is 9.34. The Morgan fingerprint density at radius 2 is 1.67 bits per heavy atom. The number of ether oxygens (including phenoxy) is 3. The average Bonchev–Trinajstić information content (AvgIpc) is 2.86. The van der Waals surface area contributed by atoms with Crippen LogP contribution in [0.2, 0.25) is 5.02 Å². The number of benzene rings is 2. The Morgan fingerprint density at radius 3 is 2.33 bits per heavy atom. The molecular formula is C29H32ClNO5. The van der Waals surface area contributed by atoms with Gasteiger partial charge in [0, 0.05) is 40.9 Å². The van der Waals surface area contributed by atoms with E-state index >= 15 is 0 Å². The average molecular weight is 510 g/mol. The van der Waals surface area contributed by atoms with Gasteiger partial charge in [-0.05, 0) is 68.5 Å². The van der Waals surface area contributed by atoms with Crippen LogP contribution in [-0.4, -0.2) is 38.2 Å². The summed E-state index contributed by atoms with van der Waals surface area (Å²) in [6.45, 7) is 7.27. The van der Waals surface area contributed by atoms with Crippen molar-refractivity contribution in [3.63, 3.8) is 0 Å². The van der Waals surface area contributed by atoms with Gasteiger partial charge >= 0.3 is 5.97 Å². The van der Waals surface area contributed by atoms with E-state index in [2.05, 4.69) is 5.32 Å². The maximum Gasteiger partial charge on any atom is 0.336 e. The van der Waals surface area contributed by atoms with Gasteiger partial charge in [0.25, 0.3) is 0 Å². The Hall–Kier alpha value is -3.09. The van der Waals surface area contributed by atoms with Crippen LogP contribution in [0.25, 0.3) is 0 Å². The summed E-state index contributed by atoms with van der Waals surface area (Å²) in [5, 5.41) is 4.04. The Kier molecular flexibility index (Phi) is 8.49. The third-order valence-electron chi connectivity index (χ3n) is 6.58. The summed E-state index contributed by atoms with van der Waals surface area (Å²) >= 11 is 6.07. The van der Waals surface area contributed by atoms with Crippen molar-refractivity contribution in [1.29, 1.82) is 0 Å². The fourth-order valence-electron chi connectivity index (χ4n) is 4.95. The normalized spacial score (nSPS) is 19.6. The number of nitrogens with one attached hydrogen (secondary N) is 1. The third kappa shape index (κ3) is 5.66. The van der Waals surface area contributed by atoms with Gasteiger partial charge in [-0.3, -0.25) is 4.79 Å². The maximum atomic E-state index is 13.7. The lowest BCUT2D eigenvalue weighted by Crippen LogP contribution is -2.36. The van der Waals surface area contributed by atoms with E-state index in [1.807, 2.05) is 69.3 Å². The van der Waals surface area contributed by atoms with Crippen molar-refractivity contribution in [2.75, 3.05) is 26.4 Å². The summed E-state index contributed by atoms with van der Waals surface area (Å²) in [5.74, 6) is -0.166. The van der Waals surface area contributed by atoms with Crippen molar-refractivity contribution in [1.82, 2.24) is 5.32 Å². The Balaban J connectivity index is 1.70. The number of esters is 1. The minimum Gasteiger partial charge on any atom is -0.494 e. The Morgan fingerprint density at radius 1 is 0.972 bits per heavy atom. The first-order valence-electron chi connectivity index (χ1n) is 12.4. The summed E-state index contributed by atoms with van der Waals surface area (Å²) in [6.07, 6.45) is 1.03. The molecule has 7 heteroatoms. The largest absolute Gasteiger partial charge is 0.494 e. The number of hydrogen-bond acceptors (Lipinski definition) is 6. The molecule has 1 heterocycles. The second-order valence-electron chi connectivity index (χ2n) is 8.90. The summed E-state index contributed by atoms with van der Waals surface area (Å²) in [7, 11) is 0. The quantitative estimate of drug-likeness (QED) is 0.346. The minimum absolute atomic E-state index is 0.0229. The fraction of sp³-hybridized carbons (Fsp3) is 0.379. The lowest BCUT2D eigenvalue weighted by Gasteiger charge is -2.36. The number of rotatable bonds is 9. The van der Waals surface area contributed by atoms with Gasteiger partial charge in [0.15, 0.2) is 5.78 Å². The van der Waals surface area contributed by atoms with Crippen molar-refractivity contribution in [3.05, 3.63) is 87.2 Å². The molecule has 1 N–H and O–H groups in total. The molecule has 0 aromatic heterocycles. The number of carbonyl (C=O) groups excluding carboxylic acids is 2. The number of ketones is 1. The molecule has 0 radical (unpaired) electrons. The minimum atomic E-state index is -0.518. The monoisotopic (exact) mass is 509 g/mol. The molecule has 2 unspecified atom stereocenters. The molecule has 0 bridgehead atoms. The lowest BCUT2D eigenvalue weighted by atomic mass is 9.72. The van der Waals surface area contributed by atoms with E-state index in [1.54, 1.807) is 0 Å². The first-order valence-corrected chi connectivity index (χ1v) is 12.8. The van der Waals surface area contributed by atoms with Crippen molar-refractivity contribution >= 4 is 23.4 Å². The van der Waals surface area contributed by atoms with Crippen LogP contribution in [0, 0.1) is 0 Å². The molecule has 6 nitrogen and oxygen atoms in total. The summed E-state index contributed by atoms with van der Waals surface area (Å²) in [5.41, 5.74) is 4.55. The second kappa shape index (κ2) is 11.8. The first-order chi connectivity index (χ1) is 17.4. The fourth-order valence-corrected chi connectivity index (χ4v) is 5.08.